The summed E-state index contributed by atoms with van der Waals surface area (Å²) in [6.45, 7) is -0.276. The van der Waals surface area contributed by atoms with Crippen molar-refractivity contribution in [3.05, 3.63) is 47.0 Å². The average molecular weight is 378 g/mol. The van der Waals surface area contributed by atoms with E-state index in [4.69, 9.17) is 11.6 Å². The molecule has 0 radical (unpaired) electrons. The number of amides is 1. The van der Waals surface area contributed by atoms with Gasteiger partial charge in [-0.15, -0.1) is 13.2 Å². The molecule has 0 saturated carbocycles. The van der Waals surface area contributed by atoms with Crippen molar-refractivity contribution in [2.24, 2.45) is 7.05 Å². The molecule has 0 bridgehead atoms. The largest absolute Gasteiger partial charge is 0.573 e. The molecule has 1 atom stereocenters. The van der Waals surface area contributed by atoms with Gasteiger partial charge in [-0.1, -0.05) is 12.1 Å². The topological polar surface area (TPSA) is 76.4 Å². The number of aliphatic hydroxyl groups excluding tert-OH is 1. The van der Waals surface area contributed by atoms with E-state index < -0.39 is 24.1 Å². The van der Waals surface area contributed by atoms with Gasteiger partial charge in [0.05, 0.1) is 12.2 Å². The van der Waals surface area contributed by atoms with Crippen molar-refractivity contribution >= 4 is 17.5 Å². The number of hydrogen-bond acceptors (Lipinski definition) is 4. The maximum Gasteiger partial charge on any atom is 0.573 e. The molecule has 0 saturated heterocycles. The van der Waals surface area contributed by atoms with Crippen LogP contribution in [0.25, 0.3) is 0 Å². The third-order valence-electron chi connectivity index (χ3n) is 3.38. The Morgan fingerprint density at radius 1 is 1.48 bits per heavy atom. The summed E-state index contributed by atoms with van der Waals surface area (Å²) in [7, 11) is 1.54. The lowest BCUT2D eigenvalue weighted by Gasteiger charge is -2.19. The number of benzene rings is 1. The SMILES string of the molecule is Cn1c(C(=O)NC(CCO)c2cccc(OC(F)(F)F)c2)cnc1Cl. The maximum absolute atomic E-state index is 12.3. The molecule has 0 aliphatic carbocycles. The van der Waals surface area contributed by atoms with Crippen molar-refractivity contribution in [1.29, 1.82) is 0 Å². The van der Waals surface area contributed by atoms with E-state index in [-0.39, 0.29) is 24.0 Å². The summed E-state index contributed by atoms with van der Waals surface area (Å²) >= 11 is 5.78. The lowest BCUT2D eigenvalue weighted by Crippen LogP contribution is -2.30. The van der Waals surface area contributed by atoms with Crippen LogP contribution < -0.4 is 10.1 Å². The highest BCUT2D eigenvalue weighted by Gasteiger charge is 2.31. The summed E-state index contributed by atoms with van der Waals surface area (Å²) in [6.07, 6.45) is -3.44. The Morgan fingerprint density at radius 3 is 2.76 bits per heavy atom. The first-order valence-electron chi connectivity index (χ1n) is 7.16. The van der Waals surface area contributed by atoms with E-state index in [0.717, 1.165) is 12.1 Å². The lowest BCUT2D eigenvalue weighted by atomic mass is 10.0. The van der Waals surface area contributed by atoms with Crippen molar-refractivity contribution in [1.82, 2.24) is 14.9 Å². The highest BCUT2D eigenvalue weighted by Crippen LogP contribution is 2.27. The Kier molecular flexibility index (Phi) is 5.91. The van der Waals surface area contributed by atoms with E-state index >= 15 is 0 Å². The standard InChI is InChI=1S/C15H15ClF3N3O3/c1-22-12(8-20-14(22)16)13(24)21-11(5-6-23)9-3-2-4-10(7-9)25-15(17,18)19/h2-4,7-8,11,23H,5-6H2,1H3,(H,21,24). The molecule has 2 N–H and O–H groups in total. The third kappa shape index (κ3) is 5.10. The first-order chi connectivity index (χ1) is 11.7. The summed E-state index contributed by atoms with van der Waals surface area (Å²) in [5.41, 5.74) is 0.535. The number of aromatic nitrogens is 2. The molecule has 2 aromatic rings. The van der Waals surface area contributed by atoms with Crippen LogP contribution in [-0.4, -0.2) is 33.5 Å². The summed E-state index contributed by atoms with van der Waals surface area (Å²) in [5, 5.41) is 11.9. The predicted molar refractivity (Wildman–Crippen MR) is 83.3 cm³/mol. The monoisotopic (exact) mass is 377 g/mol. The van der Waals surface area contributed by atoms with Crippen LogP contribution in [-0.2, 0) is 7.05 Å². The molecular formula is C15H15ClF3N3O3. The molecule has 0 aliphatic rings. The zero-order chi connectivity index (χ0) is 18.6. The fourth-order valence-electron chi connectivity index (χ4n) is 2.21. The minimum atomic E-state index is -4.82. The quantitative estimate of drug-likeness (QED) is 0.811. The molecule has 25 heavy (non-hydrogen) atoms. The molecule has 1 heterocycles. The molecule has 136 valence electrons. The molecule has 0 aliphatic heterocycles. The van der Waals surface area contributed by atoms with Gasteiger partial charge in [0.2, 0.25) is 5.28 Å². The van der Waals surface area contributed by atoms with Crippen LogP contribution in [0, 0.1) is 0 Å². The molecule has 0 spiro atoms. The van der Waals surface area contributed by atoms with Gasteiger partial charge in [0.1, 0.15) is 11.4 Å². The van der Waals surface area contributed by atoms with Crippen LogP contribution in [0.1, 0.15) is 28.5 Å². The maximum atomic E-state index is 12.3. The van der Waals surface area contributed by atoms with Gasteiger partial charge in [-0.05, 0) is 35.7 Å². The number of nitrogens with zero attached hydrogens (tertiary/aromatic N) is 2. The minimum absolute atomic E-state index is 0.104. The number of aliphatic hydroxyl groups is 1. The first-order valence-corrected chi connectivity index (χ1v) is 7.53. The van der Waals surface area contributed by atoms with Crippen molar-refractivity contribution < 1.29 is 27.8 Å². The van der Waals surface area contributed by atoms with Gasteiger partial charge >= 0.3 is 6.36 Å². The molecular weight excluding hydrogens is 363 g/mol. The van der Waals surface area contributed by atoms with Gasteiger partial charge in [-0.2, -0.15) is 0 Å². The molecule has 1 aromatic carbocycles. The van der Waals surface area contributed by atoms with Gasteiger partial charge in [-0.3, -0.25) is 4.79 Å². The molecule has 1 unspecified atom stereocenters. The van der Waals surface area contributed by atoms with Crippen LogP contribution >= 0.6 is 11.6 Å². The number of rotatable bonds is 6. The molecule has 10 heteroatoms. The average Bonchev–Trinajstić information content (AvgIpc) is 2.85. The van der Waals surface area contributed by atoms with Gasteiger partial charge in [0.25, 0.3) is 5.91 Å². The van der Waals surface area contributed by atoms with Crippen molar-refractivity contribution in [3.63, 3.8) is 0 Å². The number of hydrogen-bond donors (Lipinski definition) is 2. The van der Waals surface area contributed by atoms with Crippen molar-refractivity contribution in [2.45, 2.75) is 18.8 Å². The lowest BCUT2D eigenvalue weighted by molar-refractivity contribution is -0.274. The minimum Gasteiger partial charge on any atom is -0.406 e. The van der Waals surface area contributed by atoms with Crippen LogP contribution in [0.3, 0.4) is 0 Å². The highest BCUT2D eigenvalue weighted by atomic mass is 35.5. The highest BCUT2D eigenvalue weighted by molar-refractivity contribution is 6.28. The van der Waals surface area contributed by atoms with Crippen molar-refractivity contribution in [3.8, 4) is 5.75 Å². The second-order valence-corrected chi connectivity index (χ2v) is 5.47. The summed E-state index contributed by atoms with van der Waals surface area (Å²) in [5.74, 6) is -0.937. The van der Waals surface area contributed by atoms with Crippen molar-refractivity contribution in [2.75, 3.05) is 6.61 Å². The molecule has 6 nitrogen and oxygen atoms in total. The van der Waals surface area contributed by atoms with Gasteiger partial charge < -0.3 is 19.7 Å². The molecule has 1 aromatic heterocycles. The number of carbonyl (C=O) groups is 1. The van der Waals surface area contributed by atoms with Crippen LogP contribution in [0.5, 0.6) is 5.75 Å². The second-order valence-electron chi connectivity index (χ2n) is 5.13. The Morgan fingerprint density at radius 2 is 2.20 bits per heavy atom. The van der Waals surface area contributed by atoms with E-state index in [0.29, 0.717) is 5.56 Å². The molecule has 0 fully saturated rings. The first kappa shape index (κ1) is 19.1. The van der Waals surface area contributed by atoms with Crippen LogP contribution in [0.4, 0.5) is 13.2 Å². The number of imidazole rings is 1. The predicted octanol–water partition coefficient (Wildman–Crippen LogP) is 2.83. The number of carbonyl (C=O) groups excluding carboxylic acids is 1. The number of nitrogens with one attached hydrogen (secondary N) is 1. The fraction of sp³-hybridized carbons (Fsp3) is 0.333. The Balaban J connectivity index is 2.21. The summed E-state index contributed by atoms with van der Waals surface area (Å²) in [4.78, 5) is 16.1. The zero-order valence-corrected chi connectivity index (χ0v) is 13.8. The normalized spacial score (nSPS) is 12.7. The smallest absolute Gasteiger partial charge is 0.406 e. The van der Waals surface area contributed by atoms with E-state index in [2.05, 4.69) is 15.0 Å². The van der Waals surface area contributed by atoms with Crippen LogP contribution in [0.15, 0.2) is 30.5 Å². The zero-order valence-electron chi connectivity index (χ0n) is 13.0. The van der Waals surface area contributed by atoms with E-state index in [9.17, 15) is 23.1 Å². The van der Waals surface area contributed by atoms with E-state index in [1.54, 1.807) is 7.05 Å². The van der Waals surface area contributed by atoms with Gasteiger partial charge in [0.15, 0.2) is 0 Å². The third-order valence-corrected chi connectivity index (χ3v) is 3.73. The summed E-state index contributed by atoms with van der Waals surface area (Å²) < 4.78 is 42.3. The van der Waals surface area contributed by atoms with E-state index in [1.807, 2.05) is 0 Å². The van der Waals surface area contributed by atoms with Gasteiger partial charge in [-0.25, -0.2) is 4.98 Å². The molecule has 1 amide bonds. The Bertz CT molecular complexity index is 749. The Hall–Kier alpha value is -2.26. The van der Waals surface area contributed by atoms with Gasteiger partial charge in [0, 0.05) is 13.7 Å². The number of halogens is 4. The fourth-order valence-corrected chi connectivity index (χ4v) is 2.35. The summed E-state index contributed by atoms with van der Waals surface area (Å²) in [6, 6.07) is 4.48. The van der Waals surface area contributed by atoms with Crippen LogP contribution in [0.2, 0.25) is 5.28 Å². The van der Waals surface area contributed by atoms with E-state index in [1.165, 1.54) is 22.9 Å². The Labute approximate surface area is 146 Å². The number of alkyl halides is 3. The molecule has 2 rings (SSSR count). The second kappa shape index (κ2) is 7.75. The number of ether oxygens (including phenoxy) is 1.